The molecule has 2 heterocycles. The van der Waals surface area contributed by atoms with E-state index in [4.69, 9.17) is 8.83 Å². The zero-order valence-electron chi connectivity index (χ0n) is 13.1. The van der Waals surface area contributed by atoms with Crippen LogP contribution in [0.25, 0.3) is 22.4 Å². The lowest BCUT2D eigenvalue weighted by atomic mass is 10.0. The number of benzene rings is 2. The van der Waals surface area contributed by atoms with Crippen LogP contribution in [0.2, 0.25) is 0 Å². The molecular formula is C18H14N4O3. The average Bonchev–Trinajstić information content (AvgIpc) is 3.31. The normalized spacial score (nSPS) is 10.7. The highest BCUT2D eigenvalue weighted by Gasteiger charge is 2.13. The van der Waals surface area contributed by atoms with Crippen molar-refractivity contribution in [3.63, 3.8) is 0 Å². The zero-order chi connectivity index (χ0) is 17.1. The van der Waals surface area contributed by atoms with Crippen molar-refractivity contribution in [2.45, 2.75) is 6.54 Å². The molecule has 2 N–H and O–H groups in total. The third-order valence-corrected chi connectivity index (χ3v) is 3.70. The van der Waals surface area contributed by atoms with Gasteiger partial charge >= 0.3 is 12.0 Å². The molecule has 0 spiro atoms. The van der Waals surface area contributed by atoms with Crippen molar-refractivity contribution in [3.05, 3.63) is 66.4 Å². The van der Waals surface area contributed by atoms with Crippen LogP contribution >= 0.6 is 0 Å². The molecule has 0 atom stereocenters. The quantitative estimate of drug-likeness (QED) is 0.592. The number of hydrogen-bond acceptors (Lipinski definition) is 5. The molecule has 25 heavy (non-hydrogen) atoms. The summed E-state index contributed by atoms with van der Waals surface area (Å²) in [6.07, 6.45) is 1.50. The third-order valence-electron chi connectivity index (χ3n) is 3.70. The third kappa shape index (κ3) is 3.20. The summed E-state index contributed by atoms with van der Waals surface area (Å²) in [6, 6.07) is 17.0. The first-order valence-corrected chi connectivity index (χ1v) is 7.68. The molecule has 0 aliphatic rings. The molecule has 4 rings (SSSR count). The summed E-state index contributed by atoms with van der Waals surface area (Å²) in [5.41, 5.74) is 1.02. The van der Waals surface area contributed by atoms with E-state index in [2.05, 4.69) is 20.8 Å². The minimum absolute atomic E-state index is 0.00168. The number of anilines is 1. The fourth-order valence-corrected chi connectivity index (χ4v) is 2.54. The second kappa shape index (κ2) is 6.48. The largest absolute Gasteiger partial charge is 0.459 e. The van der Waals surface area contributed by atoms with E-state index in [1.807, 2.05) is 42.5 Å². The number of aromatic nitrogens is 2. The van der Waals surface area contributed by atoms with Gasteiger partial charge in [0.1, 0.15) is 0 Å². The van der Waals surface area contributed by atoms with Gasteiger partial charge in [0.15, 0.2) is 5.76 Å². The molecule has 0 fully saturated rings. The molecule has 0 radical (unpaired) electrons. The van der Waals surface area contributed by atoms with E-state index in [0.717, 1.165) is 16.3 Å². The SMILES string of the molecule is O=C(NCc1cccc2ccccc12)Nc1nnc(-c2ccco2)o1. The summed E-state index contributed by atoms with van der Waals surface area (Å²) >= 11 is 0. The standard InChI is InChI=1S/C18H14N4O3/c23-17(20-18-22-21-16(25-18)15-9-4-10-24-15)19-11-13-7-3-6-12-5-1-2-8-14(12)13/h1-10H,11H2,(H2,19,20,22,23). The van der Waals surface area contributed by atoms with Gasteiger partial charge in [0.05, 0.1) is 6.26 Å². The van der Waals surface area contributed by atoms with E-state index in [9.17, 15) is 4.79 Å². The number of rotatable bonds is 4. The Hall–Kier alpha value is -3.61. The van der Waals surface area contributed by atoms with Gasteiger partial charge in [-0.1, -0.05) is 47.6 Å². The van der Waals surface area contributed by atoms with Crippen LogP contribution in [-0.2, 0) is 6.54 Å². The number of nitrogens with one attached hydrogen (secondary N) is 2. The number of fused-ring (bicyclic) bond motifs is 1. The molecule has 0 aliphatic heterocycles. The molecule has 0 unspecified atom stereocenters. The van der Waals surface area contributed by atoms with E-state index in [0.29, 0.717) is 12.3 Å². The molecule has 124 valence electrons. The maximum atomic E-state index is 12.0. The highest BCUT2D eigenvalue weighted by molar-refractivity contribution is 5.88. The highest BCUT2D eigenvalue weighted by Crippen LogP contribution is 2.20. The van der Waals surface area contributed by atoms with Crippen LogP contribution in [0.1, 0.15) is 5.56 Å². The van der Waals surface area contributed by atoms with Gasteiger partial charge in [0, 0.05) is 6.54 Å². The van der Waals surface area contributed by atoms with Crippen LogP contribution in [0.15, 0.2) is 69.7 Å². The molecule has 2 aromatic carbocycles. The van der Waals surface area contributed by atoms with Crippen LogP contribution in [0.5, 0.6) is 0 Å². The predicted molar refractivity (Wildman–Crippen MR) is 91.8 cm³/mol. The van der Waals surface area contributed by atoms with Crippen molar-refractivity contribution < 1.29 is 13.6 Å². The van der Waals surface area contributed by atoms with Crippen molar-refractivity contribution in [1.82, 2.24) is 15.5 Å². The van der Waals surface area contributed by atoms with E-state index < -0.39 is 6.03 Å². The molecule has 0 saturated carbocycles. The number of nitrogens with zero attached hydrogens (tertiary/aromatic N) is 2. The monoisotopic (exact) mass is 334 g/mol. The molecule has 4 aromatic rings. The fraction of sp³-hybridized carbons (Fsp3) is 0.0556. The van der Waals surface area contributed by atoms with Crippen LogP contribution in [-0.4, -0.2) is 16.2 Å². The van der Waals surface area contributed by atoms with Gasteiger partial charge < -0.3 is 14.2 Å². The number of carbonyl (C=O) groups is 1. The maximum absolute atomic E-state index is 12.0. The van der Waals surface area contributed by atoms with Gasteiger partial charge in [-0.15, -0.1) is 5.10 Å². The number of amides is 2. The maximum Gasteiger partial charge on any atom is 0.324 e. The van der Waals surface area contributed by atoms with Gasteiger partial charge in [-0.2, -0.15) is 0 Å². The lowest BCUT2D eigenvalue weighted by Gasteiger charge is -2.08. The minimum atomic E-state index is -0.428. The first-order chi connectivity index (χ1) is 12.3. The average molecular weight is 334 g/mol. The molecule has 0 bridgehead atoms. The Morgan fingerprint density at radius 1 is 1.00 bits per heavy atom. The second-order valence-corrected chi connectivity index (χ2v) is 5.34. The number of urea groups is 1. The molecule has 0 aliphatic carbocycles. The van der Waals surface area contributed by atoms with Crippen LogP contribution in [0, 0.1) is 0 Å². The Kier molecular flexibility index (Phi) is 3.88. The van der Waals surface area contributed by atoms with Crippen LogP contribution in [0.4, 0.5) is 10.8 Å². The first-order valence-electron chi connectivity index (χ1n) is 7.68. The molecule has 2 amide bonds. The second-order valence-electron chi connectivity index (χ2n) is 5.34. The zero-order valence-corrected chi connectivity index (χ0v) is 13.1. The van der Waals surface area contributed by atoms with Crippen LogP contribution in [0.3, 0.4) is 0 Å². The van der Waals surface area contributed by atoms with Crippen molar-refractivity contribution in [1.29, 1.82) is 0 Å². The fourth-order valence-electron chi connectivity index (χ4n) is 2.54. The molecule has 7 nitrogen and oxygen atoms in total. The Morgan fingerprint density at radius 2 is 1.88 bits per heavy atom. The summed E-state index contributed by atoms with van der Waals surface area (Å²) in [6.45, 7) is 0.381. The Balaban J connectivity index is 1.41. The summed E-state index contributed by atoms with van der Waals surface area (Å²) < 4.78 is 10.5. The summed E-state index contributed by atoms with van der Waals surface area (Å²) in [7, 11) is 0. The molecular weight excluding hydrogens is 320 g/mol. The van der Waals surface area contributed by atoms with Crippen molar-refractivity contribution in [3.8, 4) is 11.7 Å². The van der Waals surface area contributed by atoms with Gasteiger partial charge in [0.2, 0.25) is 0 Å². The molecule has 7 heteroatoms. The van der Waals surface area contributed by atoms with Crippen molar-refractivity contribution in [2.75, 3.05) is 5.32 Å². The Morgan fingerprint density at radius 3 is 2.76 bits per heavy atom. The topological polar surface area (TPSA) is 93.2 Å². The first kappa shape index (κ1) is 14.9. The lowest BCUT2D eigenvalue weighted by molar-refractivity contribution is 0.251. The van der Waals surface area contributed by atoms with E-state index in [1.54, 1.807) is 12.1 Å². The van der Waals surface area contributed by atoms with E-state index >= 15 is 0 Å². The van der Waals surface area contributed by atoms with Crippen molar-refractivity contribution >= 4 is 22.8 Å². The number of furan rings is 1. The van der Waals surface area contributed by atoms with E-state index in [-0.39, 0.29) is 11.9 Å². The van der Waals surface area contributed by atoms with Gasteiger partial charge in [-0.05, 0) is 28.5 Å². The van der Waals surface area contributed by atoms with Gasteiger partial charge in [0.25, 0.3) is 5.89 Å². The smallest absolute Gasteiger partial charge is 0.324 e. The number of hydrogen-bond donors (Lipinski definition) is 2. The highest BCUT2D eigenvalue weighted by atomic mass is 16.4. The Labute approximate surface area is 142 Å². The van der Waals surface area contributed by atoms with Crippen molar-refractivity contribution in [2.24, 2.45) is 0 Å². The van der Waals surface area contributed by atoms with E-state index in [1.165, 1.54) is 6.26 Å². The van der Waals surface area contributed by atoms with Crippen LogP contribution < -0.4 is 10.6 Å². The summed E-state index contributed by atoms with van der Waals surface area (Å²) in [5.74, 6) is 0.645. The van der Waals surface area contributed by atoms with Gasteiger partial charge in [-0.3, -0.25) is 5.32 Å². The Bertz CT molecular complexity index is 1000. The summed E-state index contributed by atoms with van der Waals surface area (Å²) in [4.78, 5) is 12.0. The number of carbonyl (C=O) groups excluding carboxylic acids is 1. The lowest BCUT2D eigenvalue weighted by Crippen LogP contribution is -2.28. The predicted octanol–water partition coefficient (Wildman–Crippen LogP) is 3.80. The summed E-state index contributed by atoms with van der Waals surface area (Å²) in [5, 5.41) is 15.1. The minimum Gasteiger partial charge on any atom is -0.459 e. The molecule has 2 aromatic heterocycles. The van der Waals surface area contributed by atoms with Gasteiger partial charge in [-0.25, -0.2) is 4.79 Å². The molecule has 0 saturated heterocycles.